The number of aliphatic hydroxyl groups excluding tert-OH is 2. The fourth-order valence-electron chi connectivity index (χ4n) is 3.47. The molecule has 180 valence electrons. The number of benzene rings is 3. The smallest absolute Gasteiger partial charge is 0.265 e. The van der Waals surface area contributed by atoms with Gasteiger partial charge in [0, 0.05) is 5.56 Å². The van der Waals surface area contributed by atoms with Gasteiger partial charge in [0.1, 0.15) is 11.3 Å². The first kappa shape index (κ1) is 25.5. The van der Waals surface area contributed by atoms with Crippen LogP contribution in [0, 0.1) is 0 Å². The molecule has 0 saturated heterocycles. The van der Waals surface area contributed by atoms with Crippen molar-refractivity contribution in [2.75, 3.05) is 20.3 Å². The summed E-state index contributed by atoms with van der Waals surface area (Å²) >= 11 is 0. The van der Waals surface area contributed by atoms with Crippen LogP contribution < -0.4 is 15.4 Å². The van der Waals surface area contributed by atoms with Gasteiger partial charge in [0.2, 0.25) is 0 Å². The SMILES string of the molecule is COc1ccccc1C=C=C(C(=O)N[C@H](CO)c1ccccc1)C(=O)N[C@H](CO)c1ccccc1. The van der Waals surface area contributed by atoms with Crippen molar-refractivity contribution in [1.29, 1.82) is 0 Å². The van der Waals surface area contributed by atoms with Gasteiger partial charge in [-0.2, -0.15) is 0 Å². The van der Waals surface area contributed by atoms with E-state index in [1.807, 2.05) is 12.1 Å². The highest BCUT2D eigenvalue weighted by Gasteiger charge is 2.24. The minimum Gasteiger partial charge on any atom is -0.496 e. The molecule has 35 heavy (non-hydrogen) atoms. The molecule has 2 atom stereocenters. The van der Waals surface area contributed by atoms with Crippen molar-refractivity contribution in [2.24, 2.45) is 0 Å². The maximum Gasteiger partial charge on any atom is 0.265 e. The Hall–Kier alpha value is -4.16. The first-order chi connectivity index (χ1) is 17.1. The van der Waals surface area contributed by atoms with E-state index in [0.717, 1.165) is 0 Å². The monoisotopic (exact) mass is 472 g/mol. The summed E-state index contributed by atoms with van der Waals surface area (Å²) in [6.07, 6.45) is 1.49. The van der Waals surface area contributed by atoms with Gasteiger partial charge in [-0.05, 0) is 23.3 Å². The van der Waals surface area contributed by atoms with Crippen LogP contribution in [0.25, 0.3) is 6.08 Å². The molecule has 7 heteroatoms. The summed E-state index contributed by atoms with van der Waals surface area (Å²) in [4.78, 5) is 26.4. The third-order valence-electron chi connectivity index (χ3n) is 5.34. The Morgan fingerprint density at radius 1 is 0.800 bits per heavy atom. The van der Waals surface area contributed by atoms with E-state index in [0.29, 0.717) is 22.4 Å². The average Bonchev–Trinajstić information content (AvgIpc) is 2.91. The lowest BCUT2D eigenvalue weighted by molar-refractivity contribution is -0.124. The summed E-state index contributed by atoms with van der Waals surface area (Å²) in [6, 6.07) is 23.6. The summed E-state index contributed by atoms with van der Waals surface area (Å²) in [7, 11) is 1.52. The lowest BCUT2D eigenvalue weighted by Crippen LogP contribution is -2.39. The molecule has 3 rings (SSSR count). The summed E-state index contributed by atoms with van der Waals surface area (Å²) < 4.78 is 5.33. The lowest BCUT2D eigenvalue weighted by Gasteiger charge is -2.19. The molecular formula is C28H28N2O5. The van der Waals surface area contributed by atoms with Crippen molar-refractivity contribution in [3.8, 4) is 5.75 Å². The second kappa shape index (κ2) is 12.9. The quantitative estimate of drug-likeness (QED) is 0.157. The number of rotatable bonds is 10. The van der Waals surface area contributed by atoms with Gasteiger partial charge < -0.3 is 25.6 Å². The number of para-hydroxylation sites is 1. The van der Waals surface area contributed by atoms with E-state index in [-0.39, 0.29) is 18.8 Å². The minimum atomic E-state index is -0.721. The zero-order valence-electron chi connectivity index (χ0n) is 19.3. The van der Waals surface area contributed by atoms with Crippen LogP contribution in [0.2, 0.25) is 0 Å². The maximum absolute atomic E-state index is 13.2. The second-order valence-electron chi connectivity index (χ2n) is 7.64. The third kappa shape index (κ3) is 6.91. The fraction of sp³-hybridized carbons (Fsp3) is 0.179. The molecule has 0 unspecified atom stereocenters. The molecule has 0 aliphatic heterocycles. The van der Waals surface area contributed by atoms with Crippen LogP contribution in [0.3, 0.4) is 0 Å². The van der Waals surface area contributed by atoms with Crippen LogP contribution in [-0.2, 0) is 9.59 Å². The number of carbonyl (C=O) groups is 2. The van der Waals surface area contributed by atoms with E-state index in [1.54, 1.807) is 72.8 Å². The van der Waals surface area contributed by atoms with E-state index in [2.05, 4.69) is 16.4 Å². The first-order valence-corrected chi connectivity index (χ1v) is 11.1. The van der Waals surface area contributed by atoms with Crippen molar-refractivity contribution in [1.82, 2.24) is 10.6 Å². The van der Waals surface area contributed by atoms with E-state index in [1.165, 1.54) is 13.2 Å². The number of ether oxygens (including phenoxy) is 1. The summed E-state index contributed by atoms with van der Waals surface area (Å²) in [6.45, 7) is -0.714. The summed E-state index contributed by atoms with van der Waals surface area (Å²) in [5.41, 5.74) is 4.49. The predicted octanol–water partition coefficient (Wildman–Crippen LogP) is 2.93. The molecular weight excluding hydrogens is 444 g/mol. The minimum absolute atomic E-state index is 0.306. The van der Waals surface area contributed by atoms with Crippen molar-refractivity contribution in [3.05, 3.63) is 113 Å². The van der Waals surface area contributed by atoms with Gasteiger partial charge in [-0.3, -0.25) is 9.59 Å². The lowest BCUT2D eigenvalue weighted by atomic mass is 10.1. The van der Waals surface area contributed by atoms with Gasteiger partial charge in [-0.15, -0.1) is 5.73 Å². The Labute approximate surface area is 204 Å². The Morgan fingerprint density at radius 2 is 1.26 bits per heavy atom. The number of hydrogen-bond acceptors (Lipinski definition) is 5. The second-order valence-corrected chi connectivity index (χ2v) is 7.64. The summed E-state index contributed by atoms with van der Waals surface area (Å²) in [5, 5.41) is 25.1. The zero-order valence-corrected chi connectivity index (χ0v) is 19.3. The van der Waals surface area contributed by atoms with Gasteiger partial charge in [0.05, 0.1) is 32.4 Å². The molecule has 0 aliphatic rings. The molecule has 0 bridgehead atoms. The molecule has 3 aromatic carbocycles. The molecule has 0 spiro atoms. The van der Waals surface area contributed by atoms with Crippen LogP contribution in [0.15, 0.2) is 96.2 Å². The fourth-order valence-corrected chi connectivity index (χ4v) is 3.47. The molecule has 3 aromatic rings. The molecule has 7 nitrogen and oxygen atoms in total. The number of carbonyl (C=O) groups excluding carboxylic acids is 2. The zero-order chi connectivity index (χ0) is 25.0. The highest BCUT2D eigenvalue weighted by Crippen LogP contribution is 2.19. The van der Waals surface area contributed by atoms with E-state index in [4.69, 9.17) is 4.74 Å². The van der Waals surface area contributed by atoms with Gasteiger partial charge >= 0.3 is 0 Å². The van der Waals surface area contributed by atoms with Crippen LogP contribution in [-0.4, -0.2) is 42.4 Å². The molecule has 0 aromatic heterocycles. The Bertz CT molecular complexity index is 1120. The third-order valence-corrected chi connectivity index (χ3v) is 5.34. The summed E-state index contributed by atoms with van der Waals surface area (Å²) in [5.74, 6) is -0.891. The topological polar surface area (TPSA) is 108 Å². The first-order valence-electron chi connectivity index (χ1n) is 11.1. The largest absolute Gasteiger partial charge is 0.496 e. The Kier molecular flexibility index (Phi) is 9.39. The normalized spacial score (nSPS) is 12.0. The molecule has 4 N–H and O–H groups in total. The van der Waals surface area contributed by atoms with Crippen LogP contribution in [0.1, 0.15) is 28.8 Å². The molecule has 0 fully saturated rings. The average molecular weight is 473 g/mol. The van der Waals surface area contributed by atoms with Gasteiger partial charge in [-0.1, -0.05) is 78.9 Å². The van der Waals surface area contributed by atoms with Crippen molar-refractivity contribution in [2.45, 2.75) is 12.1 Å². The molecule has 0 aliphatic carbocycles. The standard InChI is InChI=1S/C28H28N2O5/c1-35-26-15-9-8-14-22(26)16-17-23(27(33)29-24(18-31)20-10-4-2-5-11-20)28(34)30-25(19-32)21-12-6-3-7-13-21/h2-16,24-25,31-32H,18-19H2,1H3,(H,29,33)(H,30,34)/t24-,25-/m1/s1. The Balaban J connectivity index is 1.95. The molecule has 2 amide bonds. The van der Waals surface area contributed by atoms with Crippen LogP contribution in [0.5, 0.6) is 5.75 Å². The molecule has 0 radical (unpaired) electrons. The van der Waals surface area contributed by atoms with Crippen molar-refractivity contribution < 1.29 is 24.5 Å². The van der Waals surface area contributed by atoms with Crippen molar-refractivity contribution in [3.63, 3.8) is 0 Å². The van der Waals surface area contributed by atoms with E-state index >= 15 is 0 Å². The number of aliphatic hydroxyl groups is 2. The predicted molar refractivity (Wildman–Crippen MR) is 133 cm³/mol. The van der Waals surface area contributed by atoms with Crippen LogP contribution in [0.4, 0.5) is 0 Å². The molecule has 0 heterocycles. The number of nitrogens with one attached hydrogen (secondary N) is 2. The van der Waals surface area contributed by atoms with E-state index in [9.17, 15) is 19.8 Å². The molecule has 0 saturated carbocycles. The Morgan fingerprint density at radius 3 is 1.71 bits per heavy atom. The van der Waals surface area contributed by atoms with Crippen molar-refractivity contribution >= 4 is 17.9 Å². The number of amides is 2. The van der Waals surface area contributed by atoms with Gasteiger partial charge in [0.25, 0.3) is 11.8 Å². The van der Waals surface area contributed by atoms with Crippen LogP contribution >= 0.6 is 0 Å². The van der Waals surface area contributed by atoms with E-state index < -0.39 is 23.9 Å². The number of methoxy groups -OCH3 is 1. The van der Waals surface area contributed by atoms with Gasteiger partial charge in [0.15, 0.2) is 0 Å². The number of hydrogen-bond donors (Lipinski definition) is 4. The maximum atomic E-state index is 13.2. The van der Waals surface area contributed by atoms with Gasteiger partial charge in [-0.25, -0.2) is 0 Å². The highest BCUT2D eigenvalue weighted by atomic mass is 16.5. The highest BCUT2D eigenvalue weighted by molar-refractivity contribution is 6.18.